The van der Waals surface area contributed by atoms with Gasteiger partial charge in [0.25, 0.3) is 0 Å². The second-order valence-electron chi connectivity index (χ2n) is 3.61. The highest BCUT2D eigenvalue weighted by Gasteiger charge is 2.27. The van der Waals surface area contributed by atoms with Gasteiger partial charge < -0.3 is 10.0 Å². The van der Waals surface area contributed by atoms with Crippen LogP contribution in [-0.4, -0.2) is 24.2 Å². The number of benzene rings is 1. The Morgan fingerprint density at radius 3 is 2.64 bits per heavy atom. The molecule has 1 aliphatic rings. The summed E-state index contributed by atoms with van der Waals surface area (Å²) in [5, 5.41) is 8.85. The lowest BCUT2D eigenvalue weighted by atomic mass is 10.1. The minimum Gasteiger partial charge on any atom is -0.481 e. The zero-order chi connectivity index (χ0) is 9.97. The van der Waals surface area contributed by atoms with Crippen LogP contribution in [0.3, 0.4) is 0 Å². The lowest BCUT2D eigenvalue weighted by Crippen LogP contribution is -2.22. The average molecular weight is 191 g/mol. The summed E-state index contributed by atoms with van der Waals surface area (Å²) in [4.78, 5) is 12.9. The summed E-state index contributed by atoms with van der Waals surface area (Å²) >= 11 is 0. The zero-order valence-corrected chi connectivity index (χ0v) is 7.89. The molecule has 1 fully saturated rings. The van der Waals surface area contributed by atoms with Crippen molar-refractivity contribution in [3.63, 3.8) is 0 Å². The summed E-state index contributed by atoms with van der Waals surface area (Å²) in [6.07, 6.45) is 0.754. The van der Waals surface area contributed by atoms with Crippen LogP contribution in [0.15, 0.2) is 30.3 Å². The number of hydrogen-bond acceptors (Lipinski definition) is 2. The molecule has 3 nitrogen and oxygen atoms in total. The third-order valence-corrected chi connectivity index (χ3v) is 2.66. The second-order valence-corrected chi connectivity index (χ2v) is 3.61. The Kier molecular flexibility index (Phi) is 2.39. The first kappa shape index (κ1) is 9.06. The molecular weight excluding hydrogens is 178 g/mol. The molecular formula is C11H13NO2. The number of hydrogen-bond donors (Lipinski definition) is 1. The van der Waals surface area contributed by atoms with Crippen LogP contribution in [0.2, 0.25) is 0 Å². The maximum atomic E-state index is 10.8. The standard InChI is InChI=1S/C11H13NO2/c13-11(14)9-6-7-12(8-9)10-4-2-1-3-5-10/h1-5,9H,6-8H2,(H,13,14). The van der Waals surface area contributed by atoms with Gasteiger partial charge in [0.2, 0.25) is 0 Å². The fraction of sp³-hybridized carbons (Fsp3) is 0.364. The van der Waals surface area contributed by atoms with Gasteiger partial charge in [-0.05, 0) is 18.6 Å². The molecule has 2 rings (SSSR count). The molecule has 1 saturated heterocycles. The van der Waals surface area contributed by atoms with E-state index < -0.39 is 5.97 Å². The minimum atomic E-state index is -0.677. The van der Waals surface area contributed by atoms with Gasteiger partial charge in [-0.2, -0.15) is 0 Å². The minimum absolute atomic E-state index is 0.199. The molecule has 3 heteroatoms. The Hall–Kier alpha value is -1.51. The first-order valence-electron chi connectivity index (χ1n) is 4.80. The normalized spacial score (nSPS) is 21.1. The molecule has 1 unspecified atom stereocenters. The molecule has 1 aromatic rings. The molecule has 1 aromatic carbocycles. The Labute approximate surface area is 83.0 Å². The Morgan fingerprint density at radius 2 is 2.07 bits per heavy atom. The van der Waals surface area contributed by atoms with Crippen molar-refractivity contribution in [1.82, 2.24) is 0 Å². The van der Waals surface area contributed by atoms with E-state index in [4.69, 9.17) is 5.11 Å². The van der Waals surface area contributed by atoms with Crippen molar-refractivity contribution in [1.29, 1.82) is 0 Å². The largest absolute Gasteiger partial charge is 0.481 e. The predicted octanol–water partition coefficient (Wildman–Crippen LogP) is 1.60. The van der Waals surface area contributed by atoms with Crippen LogP contribution in [-0.2, 0) is 4.79 Å². The van der Waals surface area contributed by atoms with Gasteiger partial charge in [0.1, 0.15) is 0 Å². The van der Waals surface area contributed by atoms with Crippen molar-refractivity contribution >= 4 is 11.7 Å². The van der Waals surface area contributed by atoms with E-state index in [0.717, 1.165) is 18.7 Å². The number of carboxylic acids is 1. The molecule has 0 radical (unpaired) electrons. The number of anilines is 1. The fourth-order valence-corrected chi connectivity index (χ4v) is 1.84. The highest BCUT2D eigenvalue weighted by molar-refractivity contribution is 5.72. The van der Waals surface area contributed by atoms with Crippen molar-refractivity contribution in [3.05, 3.63) is 30.3 Å². The summed E-state index contributed by atoms with van der Waals surface area (Å²) < 4.78 is 0. The molecule has 1 heterocycles. The monoisotopic (exact) mass is 191 g/mol. The molecule has 14 heavy (non-hydrogen) atoms. The van der Waals surface area contributed by atoms with E-state index in [-0.39, 0.29) is 5.92 Å². The summed E-state index contributed by atoms with van der Waals surface area (Å²) in [7, 11) is 0. The van der Waals surface area contributed by atoms with Crippen molar-refractivity contribution in [2.45, 2.75) is 6.42 Å². The predicted molar refractivity (Wildman–Crippen MR) is 54.4 cm³/mol. The number of para-hydroxylation sites is 1. The summed E-state index contributed by atoms with van der Waals surface area (Å²) in [5.41, 5.74) is 1.12. The number of aliphatic carboxylic acids is 1. The van der Waals surface area contributed by atoms with Crippen LogP contribution >= 0.6 is 0 Å². The quantitative estimate of drug-likeness (QED) is 0.771. The number of carbonyl (C=O) groups is 1. The molecule has 0 bridgehead atoms. The smallest absolute Gasteiger partial charge is 0.308 e. The number of nitrogens with zero attached hydrogens (tertiary/aromatic N) is 1. The summed E-state index contributed by atoms with van der Waals surface area (Å²) in [6, 6.07) is 9.95. The van der Waals surface area contributed by atoms with E-state index in [2.05, 4.69) is 4.90 Å². The van der Waals surface area contributed by atoms with E-state index in [1.807, 2.05) is 30.3 Å². The Bertz CT molecular complexity index is 323. The third-order valence-electron chi connectivity index (χ3n) is 2.66. The second kappa shape index (κ2) is 3.70. The summed E-state index contributed by atoms with van der Waals surface area (Å²) in [5.74, 6) is -0.876. The van der Waals surface area contributed by atoms with E-state index >= 15 is 0 Å². The van der Waals surface area contributed by atoms with E-state index in [1.165, 1.54) is 0 Å². The highest BCUT2D eigenvalue weighted by Crippen LogP contribution is 2.23. The van der Waals surface area contributed by atoms with Gasteiger partial charge >= 0.3 is 5.97 Å². The maximum absolute atomic E-state index is 10.8. The SMILES string of the molecule is O=C(O)C1CCN(c2ccccc2)C1. The number of rotatable bonds is 2. The van der Waals surface area contributed by atoms with Crippen molar-refractivity contribution in [2.24, 2.45) is 5.92 Å². The first-order valence-corrected chi connectivity index (χ1v) is 4.80. The van der Waals surface area contributed by atoms with Crippen molar-refractivity contribution in [3.8, 4) is 0 Å². The molecule has 0 saturated carbocycles. The molecule has 0 aliphatic carbocycles. The van der Waals surface area contributed by atoms with Gasteiger partial charge in [-0.25, -0.2) is 0 Å². The molecule has 1 N–H and O–H groups in total. The topological polar surface area (TPSA) is 40.5 Å². The van der Waals surface area contributed by atoms with E-state index in [9.17, 15) is 4.79 Å². The van der Waals surface area contributed by atoms with Gasteiger partial charge in [-0.1, -0.05) is 18.2 Å². The Morgan fingerprint density at radius 1 is 1.36 bits per heavy atom. The van der Waals surface area contributed by atoms with Gasteiger partial charge in [-0.3, -0.25) is 4.79 Å². The third kappa shape index (κ3) is 1.71. The molecule has 74 valence electrons. The highest BCUT2D eigenvalue weighted by atomic mass is 16.4. The van der Waals surface area contributed by atoms with Gasteiger partial charge in [-0.15, -0.1) is 0 Å². The fourth-order valence-electron chi connectivity index (χ4n) is 1.84. The van der Waals surface area contributed by atoms with Crippen LogP contribution in [0.5, 0.6) is 0 Å². The van der Waals surface area contributed by atoms with Gasteiger partial charge in [0.05, 0.1) is 5.92 Å². The molecule has 0 amide bonds. The van der Waals surface area contributed by atoms with E-state index in [1.54, 1.807) is 0 Å². The molecule has 1 atom stereocenters. The van der Waals surface area contributed by atoms with Crippen LogP contribution in [0.1, 0.15) is 6.42 Å². The first-order chi connectivity index (χ1) is 6.77. The summed E-state index contributed by atoms with van der Waals surface area (Å²) in [6.45, 7) is 1.49. The molecule has 0 spiro atoms. The zero-order valence-electron chi connectivity index (χ0n) is 7.89. The molecule has 1 aliphatic heterocycles. The lowest BCUT2D eigenvalue weighted by molar-refractivity contribution is -0.140. The van der Waals surface area contributed by atoms with Crippen LogP contribution in [0, 0.1) is 5.92 Å². The van der Waals surface area contributed by atoms with Gasteiger partial charge in [0.15, 0.2) is 0 Å². The van der Waals surface area contributed by atoms with Crippen LogP contribution in [0.25, 0.3) is 0 Å². The average Bonchev–Trinajstić information content (AvgIpc) is 2.68. The van der Waals surface area contributed by atoms with Crippen LogP contribution in [0.4, 0.5) is 5.69 Å². The van der Waals surface area contributed by atoms with Crippen molar-refractivity contribution < 1.29 is 9.90 Å². The van der Waals surface area contributed by atoms with Gasteiger partial charge in [0, 0.05) is 18.8 Å². The lowest BCUT2D eigenvalue weighted by Gasteiger charge is -2.17. The van der Waals surface area contributed by atoms with E-state index in [0.29, 0.717) is 6.54 Å². The van der Waals surface area contributed by atoms with Crippen molar-refractivity contribution in [2.75, 3.05) is 18.0 Å². The van der Waals surface area contributed by atoms with Crippen LogP contribution < -0.4 is 4.90 Å². The Balaban J connectivity index is 2.06. The maximum Gasteiger partial charge on any atom is 0.308 e. The number of carboxylic acid groups (broad SMARTS) is 1. The molecule has 0 aromatic heterocycles.